The maximum atomic E-state index is 12.4. The lowest BCUT2D eigenvalue weighted by Gasteiger charge is -2.26. The number of benzene rings is 1. The van der Waals surface area contributed by atoms with E-state index in [1.165, 1.54) is 0 Å². The molecule has 1 aliphatic rings. The summed E-state index contributed by atoms with van der Waals surface area (Å²) in [5, 5.41) is 0. The third-order valence-corrected chi connectivity index (χ3v) is 3.85. The molecule has 1 saturated heterocycles. The topological polar surface area (TPSA) is 90.0 Å². The van der Waals surface area contributed by atoms with Gasteiger partial charge in [-0.3, -0.25) is 4.90 Å². The van der Waals surface area contributed by atoms with E-state index in [4.69, 9.17) is 9.47 Å². The van der Waals surface area contributed by atoms with Crippen LogP contribution in [-0.4, -0.2) is 48.2 Å². The van der Waals surface area contributed by atoms with E-state index in [9.17, 15) is 19.2 Å². The highest BCUT2D eigenvalue weighted by molar-refractivity contribution is 5.88. The summed E-state index contributed by atoms with van der Waals surface area (Å²) in [6, 6.07) is 6.98. The Hall–Kier alpha value is -2.70. The third-order valence-electron chi connectivity index (χ3n) is 3.85. The summed E-state index contributed by atoms with van der Waals surface area (Å²) >= 11 is 0. The van der Waals surface area contributed by atoms with E-state index < -0.39 is 30.1 Å². The molecule has 0 aliphatic carbocycles. The Balaban J connectivity index is 2.15. The van der Waals surface area contributed by atoms with E-state index in [1.807, 2.05) is 6.07 Å². The van der Waals surface area contributed by atoms with E-state index in [0.29, 0.717) is 12.6 Å². The summed E-state index contributed by atoms with van der Waals surface area (Å²) in [6.45, 7) is 1.74. The fourth-order valence-electron chi connectivity index (χ4n) is 2.74. The van der Waals surface area contributed by atoms with Gasteiger partial charge < -0.3 is 19.1 Å². The van der Waals surface area contributed by atoms with Crippen molar-refractivity contribution in [3.8, 4) is 0 Å². The molecule has 1 aromatic rings. The number of amides is 1. The van der Waals surface area contributed by atoms with Gasteiger partial charge in [0.25, 0.3) is 0 Å². The summed E-state index contributed by atoms with van der Waals surface area (Å²) in [4.78, 5) is 48.0. The van der Waals surface area contributed by atoms with Gasteiger partial charge in [0, 0.05) is 5.92 Å². The zero-order chi connectivity index (χ0) is 17.5. The fourth-order valence-corrected chi connectivity index (χ4v) is 2.74. The molecule has 128 valence electrons. The van der Waals surface area contributed by atoms with Gasteiger partial charge in [0.1, 0.15) is 25.2 Å². The van der Waals surface area contributed by atoms with Crippen LogP contribution in [0.15, 0.2) is 30.3 Å². The average Bonchev–Trinajstić information content (AvgIpc) is 2.99. The number of carbonyl (C=O) groups is 4. The normalized spacial score (nSPS) is 22.7. The van der Waals surface area contributed by atoms with E-state index in [1.54, 1.807) is 31.2 Å². The quantitative estimate of drug-likeness (QED) is 0.576. The molecule has 2 rings (SSSR count). The smallest absolute Gasteiger partial charge is 0.411 e. The Morgan fingerprint density at radius 2 is 1.88 bits per heavy atom. The largest absolute Gasteiger partial charge is 0.464 e. The first kappa shape index (κ1) is 17.7. The number of ether oxygens (including phenoxy) is 2. The maximum absolute atomic E-state index is 12.4. The first-order valence-electron chi connectivity index (χ1n) is 7.68. The van der Waals surface area contributed by atoms with E-state index in [-0.39, 0.29) is 19.6 Å². The van der Waals surface area contributed by atoms with E-state index >= 15 is 0 Å². The Morgan fingerprint density at radius 1 is 1.17 bits per heavy atom. The van der Waals surface area contributed by atoms with Gasteiger partial charge in [0.15, 0.2) is 0 Å². The van der Waals surface area contributed by atoms with Crippen LogP contribution in [0.4, 0.5) is 4.79 Å². The molecule has 0 bridgehead atoms. The number of aldehydes is 2. The van der Waals surface area contributed by atoms with Crippen LogP contribution >= 0.6 is 0 Å². The van der Waals surface area contributed by atoms with Crippen LogP contribution in [0, 0.1) is 5.92 Å². The highest BCUT2D eigenvalue weighted by Crippen LogP contribution is 2.29. The average molecular weight is 333 g/mol. The molecule has 1 fully saturated rings. The summed E-state index contributed by atoms with van der Waals surface area (Å²) in [5.41, 5.74) is 0.771. The highest BCUT2D eigenvalue weighted by atomic mass is 16.6. The van der Waals surface area contributed by atoms with Crippen molar-refractivity contribution in [1.82, 2.24) is 4.90 Å². The molecule has 1 heterocycles. The van der Waals surface area contributed by atoms with Crippen molar-refractivity contribution in [3.05, 3.63) is 35.9 Å². The minimum atomic E-state index is -1.14. The van der Waals surface area contributed by atoms with E-state index in [2.05, 4.69) is 0 Å². The molecule has 0 saturated carbocycles. The van der Waals surface area contributed by atoms with Crippen molar-refractivity contribution < 1.29 is 28.7 Å². The van der Waals surface area contributed by atoms with Gasteiger partial charge in [-0.25, -0.2) is 9.59 Å². The van der Waals surface area contributed by atoms with Crippen molar-refractivity contribution in [2.24, 2.45) is 5.92 Å². The van der Waals surface area contributed by atoms with Gasteiger partial charge in [-0.1, -0.05) is 30.3 Å². The summed E-state index contributed by atoms with van der Waals surface area (Å²) in [5.74, 6) is -1.50. The van der Waals surface area contributed by atoms with Crippen molar-refractivity contribution in [3.63, 3.8) is 0 Å². The van der Waals surface area contributed by atoms with Crippen LogP contribution in [0.5, 0.6) is 0 Å². The molecule has 1 aliphatic heterocycles. The zero-order valence-corrected chi connectivity index (χ0v) is 13.3. The molecule has 0 spiro atoms. The third kappa shape index (κ3) is 3.79. The van der Waals surface area contributed by atoms with Crippen LogP contribution in [0.2, 0.25) is 0 Å². The number of esters is 1. The van der Waals surface area contributed by atoms with Gasteiger partial charge in [0.2, 0.25) is 0 Å². The van der Waals surface area contributed by atoms with Gasteiger partial charge in [-0.15, -0.1) is 0 Å². The monoisotopic (exact) mass is 333 g/mol. The second-order valence-corrected chi connectivity index (χ2v) is 5.38. The molecule has 1 aromatic carbocycles. The first-order valence-corrected chi connectivity index (χ1v) is 7.68. The van der Waals surface area contributed by atoms with Gasteiger partial charge in [-0.2, -0.15) is 0 Å². The van der Waals surface area contributed by atoms with Crippen LogP contribution < -0.4 is 0 Å². The molecular formula is C17H19NO6. The highest BCUT2D eigenvalue weighted by Gasteiger charge is 2.49. The number of nitrogens with zero attached hydrogens (tertiary/aromatic N) is 1. The number of hydrogen-bond donors (Lipinski definition) is 0. The zero-order valence-electron chi connectivity index (χ0n) is 13.3. The molecule has 24 heavy (non-hydrogen) atoms. The van der Waals surface area contributed by atoms with Crippen molar-refractivity contribution >= 4 is 24.6 Å². The summed E-state index contributed by atoms with van der Waals surface area (Å²) in [6.07, 6.45) is 0.372. The molecule has 0 N–H and O–H groups in total. The maximum Gasteiger partial charge on any atom is 0.411 e. The number of rotatable bonds is 6. The lowest BCUT2D eigenvalue weighted by molar-refractivity contribution is -0.150. The Morgan fingerprint density at radius 3 is 2.46 bits per heavy atom. The van der Waals surface area contributed by atoms with Crippen molar-refractivity contribution in [2.75, 3.05) is 6.61 Å². The first-order chi connectivity index (χ1) is 11.6. The summed E-state index contributed by atoms with van der Waals surface area (Å²) in [7, 11) is 0. The molecule has 1 amide bonds. The number of likely N-dealkylation sites (tertiary alicyclic amines) is 1. The predicted octanol–water partition coefficient (Wildman–Crippen LogP) is 1.34. The Labute approximate surface area is 139 Å². The lowest BCUT2D eigenvalue weighted by Crippen LogP contribution is -2.48. The predicted molar refractivity (Wildman–Crippen MR) is 82.9 cm³/mol. The fraction of sp³-hybridized carbons (Fsp3) is 0.412. The van der Waals surface area contributed by atoms with Crippen molar-refractivity contribution in [2.45, 2.75) is 32.0 Å². The number of carbonyl (C=O) groups excluding carboxylic acids is 4. The Kier molecular flexibility index (Phi) is 6.06. The molecule has 0 unspecified atom stereocenters. The second-order valence-electron chi connectivity index (χ2n) is 5.38. The minimum absolute atomic E-state index is 0.00303. The molecule has 0 aromatic heterocycles. The van der Waals surface area contributed by atoms with Crippen LogP contribution in [0.1, 0.15) is 18.9 Å². The van der Waals surface area contributed by atoms with Crippen LogP contribution in [0.25, 0.3) is 0 Å². The number of hydrogen-bond acceptors (Lipinski definition) is 6. The summed E-state index contributed by atoms with van der Waals surface area (Å²) < 4.78 is 10.1. The standard InChI is InChI=1S/C17H19NO6/c1-2-23-16(21)15-13(9-19)8-14(10-20)18(15)17(22)24-11-12-6-4-3-5-7-12/h3-7,9-10,13-15H,2,8,11H2,1H3/t13-,14+,15+/m1/s1. The second kappa shape index (κ2) is 8.24. The van der Waals surface area contributed by atoms with Crippen LogP contribution in [0.3, 0.4) is 0 Å². The lowest BCUT2D eigenvalue weighted by atomic mass is 10.0. The van der Waals surface area contributed by atoms with Crippen LogP contribution in [-0.2, 0) is 30.5 Å². The molecule has 7 heteroatoms. The molecule has 0 radical (unpaired) electrons. The minimum Gasteiger partial charge on any atom is -0.464 e. The SMILES string of the molecule is CCOC(=O)[C@@H]1[C@@H](C=O)C[C@@H](C=O)N1C(=O)OCc1ccccc1. The van der Waals surface area contributed by atoms with Gasteiger partial charge in [-0.05, 0) is 18.9 Å². The van der Waals surface area contributed by atoms with Crippen molar-refractivity contribution in [1.29, 1.82) is 0 Å². The molecule has 3 atom stereocenters. The Bertz CT molecular complexity index is 602. The van der Waals surface area contributed by atoms with Gasteiger partial charge in [0.05, 0.1) is 12.6 Å². The molecular weight excluding hydrogens is 314 g/mol. The van der Waals surface area contributed by atoms with E-state index in [0.717, 1.165) is 10.5 Å². The van der Waals surface area contributed by atoms with Gasteiger partial charge >= 0.3 is 12.1 Å². The molecule has 7 nitrogen and oxygen atoms in total.